The summed E-state index contributed by atoms with van der Waals surface area (Å²) in [5.74, 6) is -11.0. The fourth-order valence-corrected chi connectivity index (χ4v) is 3.03. The predicted molar refractivity (Wildman–Crippen MR) is 107 cm³/mol. The molecule has 182 valence electrons. The molecule has 1 N–H and O–H groups in total. The van der Waals surface area contributed by atoms with Gasteiger partial charge in [0.05, 0.1) is 0 Å². The Kier molecular flexibility index (Phi) is 7.23. The van der Waals surface area contributed by atoms with Crippen LogP contribution in [0.3, 0.4) is 0 Å². The largest absolute Gasteiger partial charge is 0.486 e. The number of alkyl halides is 3. The predicted octanol–water partition coefficient (Wildman–Crippen LogP) is 7.20. The molecule has 1 atom stereocenters. The summed E-state index contributed by atoms with van der Waals surface area (Å²) in [6, 6.07) is 9.69. The van der Waals surface area contributed by atoms with E-state index in [0.717, 1.165) is 18.1 Å². The molecule has 3 rings (SSSR count). The number of hydrogen-bond donors (Lipinski definition) is 1. The molecule has 0 aliphatic carbocycles. The van der Waals surface area contributed by atoms with Crippen molar-refractivity contribution in [3.8, 4) is 5.75 Å². The van der Waals surface area contributed by atoms with E-state index >= 15 is 0 Å². The number of nitrogens with one attached hydrogen (secondary N) is 1. The van der Waals surface area contributed by atoms with Gasteiger partial charge in [0.2, 0.25) is 0 Å². The van der Waals surface area contributed by atoms with Crippen molar-refractivity contribution in [1.82, 2.24) is 0 Å². The maximum atomic E-state index is 14.0. The standard InChI is InChI=1S/C23H18F7NO3/c1-3-11(2)12-4-6-13(7-5-12)33-10-14-8-9-15(34-14)22(32)31-21-19(26)17(24)16(23(28,29)30)18(25)20(21)27/h4-9,11H,3,10H2,1-2H3,(H,31,32). The van der Waals surface area contributed by atoms with Crippen molar-refractivity contribution in [3.63, 3.8) is 0 Å². The molecule has 2 aromatic carbocycles. The minimum atomic E-state index is -5.69. The highest BCUT2D eigenvalue weighted by molar-refractivity contribution is 6.02. The Hall–Kier alpha value is -3.50. The maximum Gasteiger partial charge on any atom is 0.422 e. The molecule has 3 aromatic rings. The van der Waals surface area contributed by atoms with Crippen LogP contribution < -0.4 is 10.1 Å². The smallest absolute Gasteiger partial charge is 0.422 e. The fourth-order valence-electron chi connectivity index (χ4n) is 3.03. The first kappa shape index (κ1) is 25.1. The number of hydrogen-bond acceptors (Lipinski definition) is 3. The average molecular weight is 489 g/mol. The lowest BCUT2D eigenvalue weighted by Crippen LogP contribution is -2.20. The van der Waals surface area contributed by atoms with Crippen LogP contribution in [-0.4, -0.2) is 5.91 Å². The average Bonchev–Trinajstić information content (AvgIpc) is 3.27. The quantitative estimate of drug-likeness (QED) is 0.282. The zero-order chi connectivity index (χ0) is 25.2. The van der Waals surface area contributed by atoms with Gasteiger partial charge in [-0.25, -0.2) is 17.6 Å². The van der Waals surface area contributed by atoms with Gasteiger partial charge < -0.3 is 14.5 Å². The molecular formula is C23H18F7NO3. The van der Waals surface area contributed by atoms with E-state index < -0.39 is 52.4 Å². The number of amides is 1. The van der Waals surface area contributed by atoms with Crippen LogP contribution in [0.2, 0.25) is 0 Å². The number of carbonyl (C=O) groups is 1. The van der Waals surface area contributed by atoms with Gasteiger partial charge in [0, 0.05) is 0 Å². The summed E-state index contributed by atoms with van der Waals surface area (Å²) in [5, 5.41) is 1.49. The van der Waals surface area contributed by atoms with Gasteiger partial charge >= 0.3 is 6.18 Å². The SMILES string of the molecule is CCC(C)c1ccc(OCc2ccc(C(=O)Nc3c(F)c(F)c(C(F)(F)F)c(F)c3F)o2)cc1. The number of carbonyl (C=O) groups excluding carboxylic acids is 1. The lowest BCUT2D eigenvalue weighted by atomic mass is 9.99. The molecule has 0 saturated carbocycles. The minimum absolute atomic E-state index is 0.123. The first-order valence-electron chi connectivity index (χ1n) is 10.00. The molecule has 0 aliphatic heterocycles. The van der Waals surface area contributed by atoms with Crippen LogP contribution in [0.1, 0.15) is 53.6 Å². The number of ether oxygens (including phenoxy) is 1. The van der Waals surface area contributed by atoms with Crippen molar-refractivity contribution in [1.29, 1.82) is 0 Å². The van der Waals surface area contributed by atoms with Gasteiger partial charge in [-0.05, 0) is 42.2 Å². The van der Waals surface area contributed by atoms with Gasteiger partial charge in [-0.2, -0.15) is 13.2 Å². The molecule has 1 amide bonds. The van der Waals surface area contributed by atoms with E-state index in [4.69, 9.17) is 9.15 Å². The van der Waals surface area contributed by atoms with Crippen LogP contribution in [0.4, 0.5) is 36.4 Å². The van der Waals surface area contributed by atoms with Crippen LogP contribution in [0.15, 0.2) is 40.8 Å². The summed E-state index contributed by atoms with van der Waals surface area (Å²) in [7, 11) is 0. The molecule has 1 unspecified atom stereocenters. The van der Waals surface area contributed by atoms with Crippen molar-refractivity contribution in [2.24, 2.45) is 0 Å². The first-order chi connectivity index (χ1) is 15.9. The van der Waals surface area contributed by atoms with E-state index in [-0.39, 0.29) is 12.4 Å². The van der Waals surface area contributed by atoms with Gasteiger partial charge in [-0.1, -0.05) is 26.0 Å². The van der Waals surface area contributed by atoms with Gasteiger partial charge in [0.15, 0.2) is 29.0 Å². The summed E-state index contributed by atoms with van der Waals surface area (Å²) >= 11 is 0. The molecule has 1 aromatic heterocycles. The minimum Gasteiger partial charge on any atom is -0.486 e. The van der Waals surface area contributed by atoms with E-state index in [1.54, 1.807) is 12.1 Å². The monoisotopic (exact) mass is 489 g/mol. The Morgan fingerprint density at radius 2 is 1.56 bits per heavy atom. The third-order valence-corrected chi connectivity index (χ3v) is 5.11. The second-order valence-electron chi connectivity index (χ2n) is 7.39. The molecule has 1 heterocycles. The molecule has 11 heteroatoms. The topological polar surface area (TPSA) is 51.5 Å². The summed E-state index contributed by atoms with van der Waals surface area (Å²) in [4.78, 5) is 12.2. The Morgan fingerprint density at radius 3 is 2.09 bits per heavy atom. The van der Waals surface area contributed by atoms with E-state index in [1.165, 1.54) is 11.4 Å². The highest BCUT2D eigenvalue weighted by Gasteiger charge is 2.42. The van der Waals surface area contributed by atoms with Gasteiger partial charge in [-0.15, -0.1) is 0 Å². The van der Waals surface area contributed by atoms with Crippen molar-refractivity contribution in [2.45, 2.75) is 39.0 Å². The molecule has 34 heavy (non-hydrogen) atoms. The lowest BCUT2D eigenvalue weighted by molar-refractivity contribution is -0.143. The van der Waals surface area contributed by atoms with Crippen LogP contribution in [0.25, 0.3) is 0 Å². The second-order valence-corrected chi connectivity index (χ2v) is 7.39. The molecule has 0 spiro atoms. The number of benzene rings is 2. The third kappa shape index (κ3) is 5.18. The van der Waals surface area contributed by atoms with E-state index in [9.17, 15) is 35.5 Å². The zero-order valence-corrected chi connectivity index (χ0v) is 17.8. The summed E-state index contributed by atoms with van der Waals surface area (Å²) < 4.78 is 104. The highest BCUT2D eigenvalue weighted by atomic mass is 19.4. The molecule has 0 radical (unpaired) electrons. The van der Waals surface area contributed by atoms with Crippen LogP contribution in [-0.2, 0) is 12.8 Å². The van der Waals surface area contributed by atoms with E-state index in [0.29, 0.717) is 11.7 Å². The van der Waals surface area contributed by atoms with Crippen LogP contribution >= 0.6 is 0 Å². The van der Waals surface area contributed by atoms with Gasteiger partial charge in [0.25, 0.3) is 5.91 Å². The van der Waals surface area contributed by atoms with Crippen molar-refractivity contribution in [2.75, 3.05) is 5.32 Å². The van der Waals surface area contributed by atoms with Crippen LogP contribution in [0.5, 0.6) is 5.75 Å². The van der Waals surface area contributed by atoms with Crippen molar-refractivity contribution >= 4 is 11.6 Å². The Morgan fingerprint density at radius 1 is 0.971 bits per heavy atom. The highest BCUT2D eigenvalue weighted by Crippen LogP contribution is 2.38. The second kappa shape index (κ2) is 9.78. The number of anilines is 1. The molecule has 0 aliphatic rings. The number of furan rings is 1. The summed E-state index contributed by atoms with van der Waals surface area (Å²) in [5.41, 5.74) is -3.33. The fraction of sp³-hybridized carbons (Fsp3) is 0.261. The Labute approximate surface area is 189 Å². The first-order valence-corrected chi connectivity index (χ1v) is 10.00. The summed E-state index contributed by atoms with van der Waals surface area (Å²) in [6.07, 6.45) is -4.72. The Balaban J connectivity index is 1.71. The molecule has 0 bridgehead atoms. The van der Waals surface area contributed by atoms with Gasteiger partial charge in [-0.3, -0.25) is 4.79 Å². The van der Waals surface area contributed by atoms with Crippen molar-refractivity contribution < 1.29 is 44.7 Å². The zero-order valence-electron chi connectivity index (χ0n) is 17.8. The normalized spacial score (nSPS) is 12.5. The third-order valence-electron chi connectivity index (χ3n) is 5.11. The number of halogens is 7. The summed E-state index contributed by atoms with van der Waals surface area (Å²) in [6.45, 7) is 4.02. The van der Waals surface area contributed by atoms with Crippen LogP contribution in [0, 0.1) is 23.3 Å². The molecule has 0 saturated heterocycles. The molecule has 0 fully saturated rings. The van der Waals surface area contributed by atoms with E-state index in [1.807, 2.05) is 12.1 Å². The number of rotatable bonds is 7. The lowest BCUT2D eigenvalue weighted by Gasteiger charge is -2.14. The molecular weight excluding hydrogens is 471 g/mol. The molecule has 4 nitrogen and oxygen atoms in total. The van der Waals surface area contributed by atoms with Crippen molar-refractivity contribution in [3.05, 3.63) is 82.3 Å². The van der Waals surface area contributed by atoms with Gasteiger partial charge in [0.1, 0.15) is 29.4 Å². The van der Waals surface area contributed by atoms with E-state index in [2.05, 4.69) is 13.8 Å². The Bertz CT molecular complexity index is 1160. The maximum absolute atomic E-state index is 14.0.